The molecule has 88 valence electrons. The van der Waals surface area contributed by atoms with Gasteiger partial charge in [0.05, 0.1) is 6.42 Å². The number of phenols is 1. The van der Waals surface area contributed by atoms with Crippen LogP contribution in [-0.4, -0.2) is 16.0 Å². The molecule has 2 N–H and O–H groups in total. The first-order valence-electron chi connectivity index (χ1n) is 5.13. The lowest BCUT2D eigenvalue weighted by Gasteiger charge is -2.02. The molecule has 4 nitrogen and oxygen atoms in total. The van der Waals surface area contributed by atoms with E-state index < -0.39 is 0 Å². The number of aromatic nitrogens is 1. The second-order valence-electron chi connectivity index (χ2n) is 3.67. The van der Waals surface area contributed by atoms with Crippen molar-refractivity contribution in [3.8, 4) is 5.75 Å². The Balaban J connectivity index is 1.95. The summed E-state index contributed by atoms with van der Waals surface area (Å²) in [6.45, 7) is 1.94. The Kier molecular flexibility index (Phi) is 3.39. The number of amides is 1. The first-order valence-corrected chi connectivity index (χ1v) is 5.95. The van der Waals surface area contributed by atoms with Crippen LogP contribution in [0.2, 0.25) is 0 Å². The smallest absolute Gasteiger partial charge is 0.230 e. The molecule has 0 fully saturated rings. The zero-order valence-electron chi connectivity index (χ0n) is 9.30. The molecule has 0 saturated carbocycles. The van der Waals surface area contributed by atoms with Crippen LogP contribution >= 0.6 is 11.3 Å². The summed E-state index contributed by atoms with van der Waals surface area (Å²) in [6, 6.07) is 6.58. The minimum absolute atomic E-state index is 0.106. The first-order chi connectivity index (χ1) is 8.13. The molecule has 0 aliphatic rings. The topological polar surface area (TPSA) is 62.2 Å². The fraction of sp³-hybridized carbons (Fsp3) is 0.167. The minimum Gasteiger partial charge on any atom is -0.508 e. The van der Waals surface area contributed by atoms with Crippen LogP contribution in [0, 0.1) is 6.92 Å². The number of nitrogens with zero attached hydrogens (tertiary/aromatic N) is 1. The van der Waals surface area contributed by atoms with Crippen molar-refractivity contribution in [2.45, 2.75) is 13.3 Å². The van der Waals surface area contributed by atoms with Gasteiger partial charge in [-0.3, -0.25) is 4.79 Å². The van der Waals surface area contributed by atoms with E-state index in [1.54, 1.807) is 30.5 Å². The predicted octanol–water partition coefficient (Wildman–Crippen LogP) is 2.34. The highest BCUT2D eigenvalue weighted by Gasteiger charge is 2.06. The highest BCUT2D eigenvalue weighted by molar-refractivity contribution is 7.15. The quantitative estimate of drug-likeness (QED) is 0.876. The van der Waals surface area contributed by atoms with E-state index in [1.165, 1.54) is 11.3 Å². The molecule has 0 aliphatic heterocycles. The zero-order valence-corrected chi connectivity index (χ0v) is 10.1. The van der Waals surface area contributed by atoms with Crippen molar-refractivity contribution >= 4 is 22.4 Å². The van der Waals surface area contributed by atoms with Crippen molar-refractivity contribution in [2.24, 2.45) is 0 Å². The Bertz CT molecular complexity index is 520. The van der Waals surface area contributed by atoms with Crippen LogP contribution in [0.5, 0.6) is 5.75 Å². The summed E-state index contributed by atoms with van der Waals surface area (Å²) in [5, 5.41) is 12.5. The molecular formula is C12H12N2O2S. The molecule has 1 aromatic heterocycles. The Morgan fingerprint density at radius 2 is 2.12 bits per heavy atom. The van der Waals surface area contributed by atoms with Gasteiger partial charge in [0.15, 0.2) is 5.13 Å². The number of benzene rings is 1. The molecule has 0 bridgehead atoms. The monoisotopic (exact) mass is 248 g/mol. The van der Waals surface area contributed by atoms with Crippen LogP contribution in [0.1, 0.15) is 10.4 Å². The number of aromatic hydroxyl groups is 1. The second-order valence-corrected chi connectivity index (χ2v) is 4.90. The molecule has 0 spiro atoms. The van der Waals surface area contributed by atoms with Gasteiger partial charge in [-0.25, -0.2) is 4.98 Å². The third-order valence-electron chi connectivity index (χ3n) is 2.17. The maximum Gasteiger partial charge on any atom is 0.230 e. The number of nitrogens with one attached hydrogen (secondary N) is 1. The largest absolute Gasteiger partial charge is 0.508 e. The van der Waals surface area contributed by atoms with E-state index in [0.29, 0.717) is 5.13 Å². The van der Waals surface area contributed by atoms with Gasteiger partial charge >= 0.3 is 0 Å². The molecule has 2 aromatic rings. The van der Waals surface area contributed by atoms with Gasteiger partial charge < -0.3 is 10.4 Å². The summed E-state index contributed by atoms with van der Waals surface area (Å²) in [6.07, 6.45) is 2.00. The van der Waals surface area contributed by atoms with E-state index >= 15 is 0 Å². The molecule has 0 radical (unpaired) electrons. The summed E-state index contributed by atoms with van der Waals surface area (Å²) >= 11 is 1.45. The van der Waals surface area contributed by atoms with Crippen molar-refractivity contribution in [1.82, 2.24) is 4.98 Å². The van der Waals surface area contributed by atoms with Gasteiger partial charge in [0.25, 0.3) is 0 Å². The fourth-order valence-electron chi connectivity index (χ4n) is 1.38. The number of phenolic OH excluding ortho intramolecular Hbond substituents is 1. The van der Waals surface area contributed by atoms with Crippen LogP contribution in [0.15, 0.2) is 30.5 Å². The second kappa shape index (κ2) is 4.97. The van der Waals surface area contributed by atoms with Gasteiger partial charge in [-0.05, 0) is 24.6 Å². The SMILES string of the molecule is Cc1cnc(NC(=O)Cc2ccc(O)cc2)s1. The lowest BCUT2D eigenvalue weighted by Crippen LogP contribution is -2.13. The molecule has 0 atom stereocenters. The molecule has 1 amide bonds. The summed E-state index contributed by atoms with van der Waals surface area (Å²) in [7, 11) is 0. The Morgan fingerprint density at radius 3 is 2.71 bits per heavy atom. The molecule has 17 heavy (non-hydrogen) atoms. The molecular weight excluding hydrogens is 236 g/mol. The lowest BCUT2D eigenvalue weighted by molar-refractivity contribution is -0.115. The molecule has 2 rings (SSSR count). The summed E-state index contributed by atoms with van der Waals surface area (Å²) in [4.78, 5) is 16.8. The van der Waals surface area contributed by atoms with Crippen LogP contribution in [0.25, 0.3) is 0 Å². The van der Waals surface area contributed by atoms with E-state index in [0.717, 1.165) is 10.4 Å². The maximum atomic E-state index is 11.7. The molecule has 5 heteroatoms. The van der Waals surface area contributed by atoms with Crippen LogP contribution < -0.4 is 5.32 Å². The van der Waals surface area contributed by atoms with Crippen molar-refractivity contribution in [2.75, 3.05) is 5.32 Å². The van der Waals surface area contributed by atoms with E-state index in [-0.39, 0.29) is 18.1 Å². The summed E-state index contributed by atoms with van der Waals surface area (Å²) in [5.74, 6) is 0.0924. The third-order valence-corrected chi connectivity index (χ3v) is 3.00. The molecule has 1 heterocycles. The van der Waals surface area contributed by atoms with Gasteiger partial charge in [0.1, 0.15) is 5.75 Å². The predicted molar refractivity (Wildman–Crippen MR) is 67.3 cm³/mol. The van der Waals surface area contributed by atoms with Gasteiger partial charge in [-0.15, -0.1) is 11.3 Å². The number of anilines is 1. The third kappa shape index (κ3) is 3.29. The highest BCUT2D eigenvalue weighted by Crippen LogP contribution is 2.17. The average molecular weight is 248 g/mol. The van der Waals surface area contributed by atoms with E-state index in [4.69, 9.17) is 5.11 Å². The van der Waals surface area contributed by atoms with Gasteiger partial charge in [-0.2, -0.15) is 0 Å². The number of thiazole rings is 1. The Hall–Kier alpha value is -1.88. The number of carbonyl (C=O) groups is 1. The number of rotatable bonds is 3. The van der Waals surface area contributed by atoms with Crippen LogP contribution in [0.4, 0.5) is 5.13 Å². The van der Waals surface area contributed by atoms with Crippen molar-refractivity contribution in [3.63, 3.8) is 0 Å². The Labute approximate surface area is 103 Å². The number of hydrogen-bond donors (Lipinski definition) is 2. The van der Waals surface area contributed by atoms with E-state index in [2.05, 4.69) is 10.3 Å². The highest BCUT2D eigenvalue weighted by atomic mass is 32.1. The van der Waals surface area contributed by atoms with Gasteiger partial charge in [0, 0.05) is 11.1 Å². The molecule has 0 unspecified atom stereocenters. The number of carbonyl (C=O) groups excluding carboxylic acids is 1. The fourth-order valence-corrected chi connectivity index (χ4v) is 2.06. The standard InChI is InChI=1S/C12H12N2O2S/c1-8-7-13-12(17-8)14-11(16)6-9-2-4-10(15)5-3-9/h2-5,7,15H,6H2,1H3,(H,13,14,16). The van der Waals surface area contributed by atoms with Crippen molar-refractivity contribution in [3.05, 3.63) is 40.9 Å². The van der Waals surface area contributed by atoms with Crippen LogP contribution in [-0.2, 0) is 11.2 Å². The van der Waals surface area contributed by atoms with E-state index in [1.807, 2.05) is 6.92 Å². The zero-order chi connectivity index (χ0) is 12.3. The number of aryl methyl sites for hydroxylation is 1. The summed E-state index contributed by atoms with van der Waals surface area (Å²) in [5.41, 5.74) is 0.855. The molecule has 0 saturated heterocycles. The lowest BCUT2D eigenvalue weighted by atomic mass is 10.1. The first kappa shape index (κ1) is 11.6. The van der Waals surface area contributed by atoms with Crippen molar-refractivity contribution < 1.29 is 9.90 Å². The average Bonchev–Trinajstić information content (AvgIpc) is 2.67. The van der Waals surface area contributed by atoms with E-state index in [9.17, 15) is 4.79 Å². The Morgan fingerprint density at radius 1 is 1.41 bits per heavy atom. The normalized spacial score (nSPS) is 10.2. The van der Waals surface area contributed by atoms with Crippen LogP contribution in [0.3, 0.4) is 0 Å². The number of hydrogen-bond acceptors (Lipinski definition) is 4. The molecule has 0 aliphatic carbocycles. The minimum atomic E-state index is -0.106. The van der Waals surface area contributed by atoms with Gasteiger partial charge in [0.2, 0.25) is 5.91 Å². The summed E-state index contributed by atoms with van der Waals surface area (Å²) < 4.78 is 0. The maximum absolute atomic E-state index is 11.7. The van der Waals surface area contributed by atoms with Crippen molar-refractivity contribution in [1.29, 1.82) is 0 Å². The molecule has 1 aromatic carbocycles. The van der Waals surface area contributed by atoms with Gasteiger partial charge in [-0.1, -0.05) is 12.1 Å².